The van der Waals surface area contributed by atoms with E-state index < -0.39 is 0 Å². The predicted octanol–water partition coefficient (Wildman–Crippen LogP) is 12.4. The summed E-state index contributed by atoms with van der Waals surface area (Å²) in [6.07, 6.45) is 0. The molecule has 238 valence electrons. The van der Waals surface area contributed by atoms with E-state index in [9.17, 15) is 0 Å². The van der Waals surface area contributed by atoms with Gasteiger partial charge in [0.25, 0.3) is 0 Å². The van der Waals surface area contributed by atoms with Gasteiger partial charge in [0, 0.05) is 27.5 Å². The number of fused-ring (bicyclic) bond motifs is 6. The highest BCUT2D eigenvalue weighted by molar-refractivity contribution is 6.13. The Hall–Kier alpha value is -6.91. The number of hydrogen-bond donors (Lipinski definition) is 0. The fourth-order valence-corrected chi connectivity index (χ4v) is 7.16. The van der Waals surface area contributed by atoms with E-state index in [1.54, 1.807) is 0 Å². The van der Waals surface area contributed by atoms with Gasteiger partial charge in [0.15, 0.2) is 17.5 Å². The van der Waals surface area contributed by atoms with Gasteiger partial charge in [0.05, 0.1) is 0 Å². The van der Waals surface area contributed by atoms with Crippen LogP contribution in [0.1, 0.15) is 0 Å². The van der Waals surface area contributed by atoms with Crippen LogP contribution in [0.25, 0.3) is 99.9 Å². The Bertz CT molecular complexity index is 2900. The highest BCUT2D eigenvalue weighted by atomic mass is 16.3. The van der Waals surface area contributed by atoms with Crippen LogP contribution in [0, 0.1) is 0 Å². The molecule has 10 aromatic rings. The monoisotopic (exact) mass is 651 g/mol. The van der Waals surface area contributed by atoms with Crippen molar-refractivity contribution >= 4 is 43.5 Å². The Kier molecular flexibility index (Phi) is 6.78. The summed E-state index contributed by atoms with van der Waals surface area (Å²) in [6.45, 7) is 0. The van der Waals surface area contributed by atoms with Gasteiger partial charge in [-0.15, -0.1) is 0 Å². The fourth-order valence-electron chi connectivity index (χ4n) is 7.16. The second-order valence-electron chi connectivity index (χ2n) is 12.8. The number of furan rings is 1. The van der Waals surface area contributed by atoms with Crippen molar-refractivity contribution in [1.82, 2.24) is 15.0 Å². The molecular weight excluding hydrogens is 623 g/mol. The average Bonchev–Trinajstić information content (AvgIpc) is 3.59. The number of hydrogen-bond acceptors (Lipinski definition) is 4. The molecule has 4 nitrogen and oxygen atoms in total. The largest absolute Gasteiger partial charge is 0.456 e. The molecule has 0 amide bonds. The minimum Gasteiger partial charge on any atom is -0.456 e. The Labute approximate surface area is 294 Å². The number of rotatable bonds is 5. The number of benzene rings is 8. The predicted molar refractivity (Wildman–Crippen MR) is 209 cm³/mol. The second kappa shape index (κ2) is 11.9. The van der Waals surface area contributed by atoms with Crippen LogP contribution in [0.5, 0.6) is 0 Å². The van der Waals surface area contributed by atoms with Crippen LogP contribution >= 0.6 is 0 Å². The molecule has 0 aliphatic carbocycles. The molecular formula is C47H29N3O. The first-order chi connectivity index (χ1) is 25.2. The Balaban J connectivity index is 1.11. The highest BCUT2D eigenvalue weighted by Gasteiger charge is 2.18. The van der Waals surface area contributed by atoms with E-state index in [0.29, 0.717) is 17.5 Å². The molecule has 0 saturated carbocycles. The van der Waals surface area contributed by atoms with Gasteiger partial charge in [-0.2, -0.15) is 0 Å². The summed E-state index contributed by atoms with van der Waals surface area (Å²) in [5.41, 5.74) is 8.95. The standard InChI is InChI=1S/C47H29N3O/c1-3-10-30(11-4-1)37-26-27-42-41(29-37)44-39(16-9-17-43(44)51-42)47-49-45(34-13-5-2-6-14-34)48-46(50-47)35-23-18-31(19-24-35)36-25-22-33-21-20-32-12-7-8-15-38(32)40(33)28-36/h1-29H. The van der Waals surface area contributed by atoms with Gasteiger partial charge in [-0.1, -0.05) is 152 Å². The van der Waals surface area contributed by atoms with Gasteiger partial charge < -0.3 is 4.42 Å². The lowest BCUT2D eigenvalue weighted by Crippen LogP contribution is -2.00. The number of nitrogens with zero attached hydrogens (tertiary/aromatic N) is 3. The molecule has 8 aromatic carbocycles. The van der Waals surface area contributed by atoms with Gasteiger partial charge in [-0.3, -0.25) is 0 Å². The molecule has 2 aromatic heterocycles. The molecule has 2 heterocycles. The Morgan fingerprint density at radius 3 is 1.61 bits per heavy atom. The van der Waals surface area contributed by atoms with E-state index in [1.807, 2.05) is 48.5 Å². The van der Waals surface area contributed by atoms with Crippen molar-refractivity contribution in [3.05, 3.63) is 176 Å². The first-order valence-electron chi connectivity index (χ1n) is 17.1. The lowest BCUT2D eigenvalue weighted by atomic mass is 9.97. The third-order valence-electron chi connectivity index (χ3n) is 9.73. The normalized spacial score (nSPS) is 11.5. The molecule has 0 radical (unpaired) electrons. The summed E-state index contributed by atoms with van der Waals surface area (Å²) >= 11 is 0. The summed E-state index contributed by atoms with van der Waals surface area (Å²) < 4.78 is 6.37. The van der Waals surface area contributed by atoms with Gasteiger partial charge in [0.1, 0.15) is 11.2 Å². The van der Waals surface area contributed by atoms with Crippen LogP contribution in [0.3, 0.4) is 0 Å². The summed E-state index contributed by atoms with van der Waals surface area (Å²) in [4.78, 5) is 15.2. The van der Waals surface area contributed by atoms with Crippen molar-refractivity contribution in [3.63, 3.8) is 0 Å². The van der Waals surface area contributed by atoms with E-state index in [4.69, 9.17) is 19.4 Å². The van der Waals surface area contributed by atoms with Crippen molar-refractivity contribution in [2.75, 3.05) is 0 Å². The van der Waals surface area contributed by atoms with Crippen LogP contribution in [0.15, 0.2) is 180 Å². The SMILES string of the molecule is c1ccc(-c2ccc3oc4cccc(-c5nc(-c6ccccc6)nc(-c6ccc(-c7ccc8ccc9ccccc9c8c7)cc6)n5)c4c3c2)cc1. The molecule has 0 aliphatic heterocycles. The fraction of sp³-hybridized carbons (Fsp3) is 0. The van der Waals surface area contributed by atoms with E-state index in [0.717, 1.165) is 55.3 Å². The van der Waals surface area contributed by atoms with Crippen molar-refractivity contribution in [2.45, 2.75) is 0 Å². The molecule has 51 heavy (non-hydrogen) atoms. The van der Waals surface area contributed by atoms with Crippen LogP contribution in [-0.4, -0.2) is 15.0 Å². The van der Waals surface area contributed by atoms with Crippen LogP contribution in [0.2, 0.25) is 0 Å². The molecule has 0 bridgehead atoms. The molecule has 0 N–H and O–H groups in total. The van der Waals surface area contributed by atoms with Gasteiger partial charge in [-0.25, -0.2) is 15.0 Å². The third-order valence-corrected chi connectivity index (χ3v) is 9.73. The van der Waals surface area contributed by atoms with Gasteiger partial charge >= 0.3 is 0 Å². The zero-order valence-corrected chi connectivity index (χ0v) is 27.5. The molecule has 10 rings (SSSR count). The zero-order valence-electron chi connectivity index (χ0n) is 27.5. The third kappa shape index (κ3) is 5.13. The van der Waals surface area contributed by atoms with Crippen LogP contribution < -0.4 is 0 Å². The second-order valence-corrected chi connectivity index (χ2v) is 12.8. The molecule has 4 heteroatoms. The maximum absolute atomic E-state index is 6.37. The zero-order chi connectivity index (χ0) is 33.7. The van der Waals surface area contributed by atoms with E-state index >= 15 is 0 Å². The van der Waals surface area contributed by atoms with E-state index in [2.05, 4.69) is 127 Å². The van der Waals surface area contributed by atoms with E-state index in [1.165, 1.54) is 27.1 Å². The summed E-state index contributed by atoms with van der Waals surface area (Å²) in [5.74, 6) is 1.84. The Morgan fingerprint density at radius 2 is 0.843 bits per heavy atom. The molecule has 0 saturated heterocycles. The van der Waals surface area contributed by atoms with Crippen molar-refractivity contribution in [2.24, 2.45) is 0 Å². The Morgan fingerprint density at radius 1 is 0.314 bits per heavy atom. The van der Waals surface area contributed by atoms with Crippen LogP contribution in [-0.2, 0) is 0 Å². The van der Waals surface area contributed by atoms with Crippen LogP contribution in [0.4, 0.5) is 0 Å². The quantitative estimate of drug-likeness (QED) is 0.174. The van der Waals surface area contributed by atoms with Gasteiger partial charge in [-0.05, 0) is 68.1 Å². The molecule has 0 aliphatic rings. The first kappa shape index (κ1) is 29.0. The topological polar surface area (TPSA) is 51.8 Å². The first-order valence-corrected chi connectivity index (χ1v) is 17.1. The average molecular weight is 652 g/mol. The smallest absolute Gasteiger partial charge is 0.164 e. The molecule has 0 unspecified atom stereocenters. The van der Waals surface area contributed by atoms with Crippen molar-refractivity contribution in [3.8, 4) is 56.4 Å². The lowest BCUT2D eigenvalue weighted by molar-refractivity contribution is 0.669. The minimum absolute atomic E-state index is 0.600. The molecule has 0 fully saturated rings. The maximum atomic E-state index is 6.37. The summed E-state index contributed by atoms with van der Waals surface area (Å²) in [7, 11) is 0. The van der Waals surface area contributed by atoms with Crippen molar-refractivity contribution < 1.29 is 4.42 Å². The summed E-state index contributed by atoms with van der Waals surface area (Å²) in [5, 5.41) is 7.00. The highest BCUT2D eigenvalue weighted by Crippen LogP contribution is 2.39. The number of aromatic nitrogens is 3. The summed E-state index contributed by atoms with van der Waals surface area (Å²) in [6, 6.07) is 61.1. The van der Waals surface area contributed by atoms with Crippen molar-refractivity contribution in [1.29, 1.82) is 0 Å². The molecule has 0 atom stereocenters. The molecule has 0 spiro atoms. The lowest BCUT2D eigenvalue weighted by Gasteiger charge is -2.10. The minimum atomic E-state index is 0.600. The maximum Gasteiger partial charge on any atom is 0.164 e. The van der Waals surface area contributed by atoms with E-state index in [-0.39, 0.29) is 0 Å². The van der Waals surface area contributed by atoms with Gasteiger partial charge in [0.2, 0.25) is 0 Å².